The van der Waals surface area contributed by atoms with Crippen molar-refractivity contribution in [1.29, 1.82) is 0 Å². The van der Waals surface area contributed by atoms with E-state index >= 15 is 0 Å². The fourth-order valence-electron chi connectivity index (χ4n) is 19.9. The van der Waals surface area contributed by atoms with Crippen molar-refractivity contribution in [2.24, 2.45) is 0 Å². The monoisotopic (exact) mass is 2090 g/mol. The number of hydrogen-bond donors (Lipinski definition) is 2. The van der Waals surface area contributed by atoms with E-state index < -0.39 is 0 Å². The lowest BCUT2D eigenvalue weighted by Gasteiger charge is -2.32. The number of nitrogens with zero attached hydrogens (tertiary/aromatic N) is 4. The van der Waals surface area contributed by atoms with Crippen LogP contribution in [0.1, 0.15) is 27.7 Å². The number of para-hydroxylation sites is 6. The molecule has 668 valence electrons. The average Bonchev–Trinajstić information content (AvgIpc) is 1.60. The van der Waals surface area contributed by atoms with Gasteiger partial charge in [-0.05, 0) is 293 Å². The van der Waals surface area contributed by atoms with Crippen molar-refractivity contribution < 1.29 is 9.31 Å². The normalized spacial score (nSPS) is 12.8. The SMILES string of the molecule is Brc1ccc2[nH]c3ccccc3c2c1.Brc1cccc(-n2c3ccccc3c3cc(-c4ccc5c(c4)c4ccccc4n5-c4ccc(-c5ccccc5)cc4)ccc32)c1.Brc1cccc(I)c1.CC1(C)OB(c2ccc3c(c2)c2ccccc2n3-c2ccc(-c3ccccc3)cc2)OC1(C)C.c1ccc(-c2ccc(-n3c4ccccc4c4cc(-c5ccc6[nH]c7ccccc7c6c5)ccc43)cc2)cc1. The summed E-state index contributed by atoms with van der Waals surface area (Å²) in [5.74, 6) is 0. The fraction of sp³-hybridized carbons (Fsp3) is 0.0476. The molecular formula is C126H91BBr3IN6O2. The molecule has 13 heteroatoms. The van der Waals surface area contributed by atoms with Gasteiger partial charge in [-0.3, -0.25) is 0 Å². The summed E-state index contributed by atoms with van der Waals surface area (Å²) in [6, 6.07) is 167. The van der Waals surface area contributed by atoms with Crippen molar-refractivity contribution in [2.45, 2.75) is 38.9 Å². The van der Waals surface area contributed by atoms with Crippen LogP contribution in [0.3, 0.4) is 0 Å². The molecule has 0 bridgehead atoms. The van der Waals surface area contributed by atoms with Gasteiger partial charge in [-0.2, -0.15) is 0 Å². The van der Waals surface area contributed by atoms with E-state index in [0.717, 1.165) is 35.9 Å². The third-order valence-corrected chi connectivity index (χ3v) is 29.6. The lowest BCUT2D eigenvalue weighted by atomic mass is 9.78. The van der Waals surface area contributed by atoms with Crippen LogP contribution in [-0.4, -0.2) is 46.6 Å². The molecule has 1 saturated heterocycles. The number of rotatable bonds is 10. The maximum atomic E-state index is 6.33. The Morgan fingerprint density at radius 1 is 0.209 bits per heavy atom. The Balaban J connectivity index is 0.000000105. The summed E-state index contributed by atoms with van der Waals surface area (Å²) in [6.07, 6.45) is 0. The maximum Gasteiger partial charge on any atom is 0.494 e. The number of nitrogens with one attached hydrogen (secondary N) is 2. The summed E-state index contributed by atoms with van der Waals surface area (Å²) < 4.78 is 26.7. The third kappa shape index (κ3) is 17.1. The molecular weight excluding hydrogens is 2010 g/mol. The molecule has 20 aromatic carbocycles. The molecule has 139 heavy (non-hydrogen) atoms. The van der Waals surface area contributed by atoms with Crippen LogP contribution >= 0.6 is 70.4 Å². The van der Waals surface area contributed by atoms with Gasteiger partial charge in [0, 0.05) is 126 Å². The van der Waals surface area contributed by atoms with Crippen LogP contribution < -0.4 is 5.46 Å². The minimum Gasteiger partial charge on any atom is -0.399 e. The van der Waals surface area contributed by atoms with E-state index in [1.807, 2.05) is 24.3 Å². The molecule has 2 N–H and O–H groups in total. The van der Waals surface area contributed by atoms with Gasteiger partial charge in [-0.25, -0.2) is 0 Å². The van der Waals surface area contributed by atoms with Crippen molar-refractivity contribution >= 4 is 214 Å². The van der Waals surface area contributed by atoms with Crippen molar-refractivity contribution in [2.75, 3.05) is 0 Å². The molecule has 0 spiro atoms. The maximum absolute atomic E-state index is 6.33. The van der Waals surface area contributed by atoms with Gasteiger partial charge >= 0.3 is 7.12 Å². The predicted molar refractivity (Wildman–Crippen MR) is 607 cm³/mol. The van der Waals surface area contributed by atoms with Crippen molar-refractivity contribution in [1.82, 2.24) is 28.2 Å². The Kier molecular flexibility index (Phi) is 23.7. The zero-order valence-electron chi connectivity index (χ0n) is 76.7. The van der Waals surface area contributed by atoms with E-state index in [0.29, 0.717) is 0 Å². The van der Waals surface area contributed by atoms with Crippen LogP contribution in [-0.2, 0) is 9.31 Å². The van der Waals surface area contributed by atoms with E-state index in [1.54, 1.807) is 0 Å². The fourth-order valence-corrected chi connectivity index (χ4v) is 22.0. The number of hydrogen-bond acceptors (Lipinski definition) is 2. The van der Waals surface area contributed by atoms with Crippen LogP contribution in [0.25, 0.3) is 209 Å². The minimum atomic E-state index is -0.373. The zero-order chi connectivity index (χ0) is 94.0. The molecule has 1 aliphatic heterocycles. The lowest BCUT2D eigenvalue weighted by molar-refractivity contribution is 0.00578. The smallest absolute Gasteiger partial charge is 0.399 e. The number of aromatic amines is 2. The molecule has 1 aliphatic rings. The Hall–Kier alpha value is -14.6. The first-order valence-electron chi connectivity index (χ1n) is 46.8. The molecule has 27 rings (SSSR count). The van der Waals surface area contributed by atoms with Gasteiger partial charge in [0.05, 0.1) is 55.3 Å². The number of halogens is 4. The Labute approximate surface area is 845 Å². The van der Waals surface area contributed by atoms with Gasteiger partial charge in [0.2, 0.25) is 0 Å². The van der Waals surface area contributed by atoms with Gasteiger partial charge in [-0.1, -0.05) is 333 Å². The highest BCUT2D eigenvalue weighted by atomic mass is 127. The lowest BCUT2D eigenvalue weighted by Crippen LogP contribution is -2.41. The van der Waals surface area contributed by atoms with Gasteiger partial charge < -0.3 is 37.5 Å². The Morgan fingerprint density at radius 3 is 0.871 bits per heavy atom. The van der Waals surface area contributed by atoms with E-state index in [-0.39, 0.29) is 18.3 Å². The van der Waals surface area contributed by atoms with Crippen molar-refractivity contribution in [3.8, 4) is 78.4 Å². The Bertz CT molecular complexity index is 9100. The topological polar surface area (TPSA) is 69.8 Å². The van der Waals surface area contributed by atoms with Crippen molar-refractivity contribution in [3.05, 3.63) is 484 Å². The standard InChI is InChI=1S/C42H27BrN2.C36H24N2.C30H28BNO2.C12H8BrN.C6H4BrI/c43-32-11-8-12-34(27-32)45-40-16-7-5-14-36(40)38-26-31(20-24-42(38)45)30-19-23-41-37(25-30)35-13-4-6-15-39(35)44(41)33-21-17-29(18-22-33)28-9-2-1-3-10-28;1-2-8-24(9-3-1)25-14-18-28(19-15-25)38-35-13-7-5-11-30(35)32-23-27(17-21-36(32)38)26-16-20-34-31(22-26)29-10-4-6-12-33(29)37-34;1-29(2)30(3,4)34-31(33-29)23-16-19-28-26(20-23)25-12-8-9-13-27(25)32(28)24-17-14-22(15-18-24)21-10-6-5-7-11-21;13-8-5-6-12-10(7-8)9-3-1-2-4-11(9)14-12;7-5-2-1-3-6(8)4-5/h1-27H;1-23,37H;5-20H,1-4H3;1-7,14H;1-4H. The molecule has 1 fully saturated rings. The second-order valence-corrected chi connectivity index (χ2v) is 40.4. The molecule has 6 aromatic heterocycles. The van der Waals surface area contributed by atoms with Crippen molar-refractivity contribution in [3.63, 3.8) is 0 Å². The van der Waals surface area contributed by atoms with E-state index in [9.17, 15) is 0 Å². The van der Waals surface area contributed by atoms with Crippen LogP contribution in [0.15, 0.2) is 481 Å². The summed E-state index contributed by atoms with van der Waals surface area (Å²) in [6.45, 7) is 8.38. The van der Waals surface area contributed by atoms with Crippen LogP contribution in [0.2, 0.25) is 0 Å². The number of aromatic nitrogens is 6. The summed E-state index contributed by atoms with van der Waals surface area (Å²) in [5.41, 5.74) is 31.6. The highest BCUT2D eigenvalue weighted by Gasteiger charge is 2.52. The van der Waals surface area contributed by atoms with E-state index in [4.69, 9.17) is 9.31 Å². The van der Waals surface area contributed by atoms with Gasteiger partial charge in [0.25, 0.3) is 0 Å². The number of fused-ring (bicyclic) bond motifs is 18. The molecule has 7 heterocycles. The highest BCUT2D eigenvalue weighted by molar-refractivity contribution is 14.1. The summed E-state index contributed by atoms with van der Waals surface area (Å²) >= 11 is 12.8. The minimum absolute atomic E-state index is 0.360. The van der Waals surface area contributed by atoms with Crippen LogP contribution in [0.5, 0.6) is 0 Å². The molecule has 0 radical (unpaired) electrons. The Morgan fingerprint density at radius 2 is 0.489 bits per heavy atom. The summed E-state index contributed by atoms with van der Waals surface area (Å²) in [4.78, 5) is 6.93. The number of H-pyrrole nitrogens is 2. The van der Waals surface area contributed by atoms with Gasteiger partial charge in [0.1, 0.15) is 0 Å². The second-order valence-electron chi connectivity index (χ2n) is 36.4. The predicted octanol–water partition coefficient (Wildman–Crippen LogP) is 35.6. The molecule has 26 aromatic rings. The molecule has 0 unspecified atom stereocenters. The van der Waals surface area contributed by atoms with E-state index in [2.05, 4.69) is 569 Å². The third-order valence-electron chi connectivity index (χ3n) is 27.4. The molecule has 0 aliphatic carbocycles. The molecule has 8 nitrogen and oxygen atoms in total. The van der Waals surface area contributed by atoms with Crippen LogP contribution in [0, 0.1) is 3.57 Å². The second kappa shape index (κ2) is 37.4. The summed E-state index contributed by atoms with van der Waals surface area (Å²) in [5, 5.41) is 15.1. The number of benzene rings is 20. The largest absolute Gasteiger partial charge is 0.494 e. The van der Waals surface area contributed by atoms with Crippen LogP contribution in [0.4, 0.5) is 0 Å². The highest BCUT2D eigenvalue weighted by Crippen LogP contribution is 2.44. The zero-order valence-corrected chi connectivity index (χ0v) is 83.6. The van der Waals surface area contributed by atoms with Gasteiger partial charge in [0.15, 0.2) is 0 Å². The first-order valence-corrected chi connectivity index (χ1v) is 50.3. The van der Waals surface area contributed by atoms with Gasteiger partial charge in [-0.15, -0.1) is 0 Å². The first-order chi connectivity index (χ1) is 68.0. The average molecular weight is 2100 g/mol. The molecule has 0 amide bonds. The molecule has 0 saturated carbocycles. The molecule has 0 atom stereocenters. The first kappa shape index (κ1) is 88.3. The summed E-state index contributed by atoms with van der Waals surface area (Å²) in [7, 11) is -0.373. The van der Waals surface area contributed by atoms with E-state index in [1.165, 1.54) is 196 Å². The quantitative estimate of drug-likeness (QED) is 0.106.